The van der Waals surface area contributed by atoms with E-state index in [0.717, 1.165) is 5.56 Å². The highest BCUT2D eigenvalue weighted by atomic mass is 32.2. The Bertz CT molecular complexity index is 853. The molecule has 2 aromatic rings. The van der Waals surface area contributed by atoms with Crippen LogP contribution in [0.2, 0.25) is 0 Å². The van der Waals surface area contributed by atoms with E-state index in [4.69, 9.17) is 14.7 Å². The van der Waals surface area contributed by atoms with Gasteiger partial charge in [-0.15, -0.1) is 0 Å². The van der Waals surface area contributed by atoms with E-state index < -0.39 is 10.0 Å². The molecule has 0 radical (unpaired) electrons. The lowest BCUT2D eigenvalue weighted by molar-refractivity contribution is 0.390. The number of nitriles is 1. The molecule has 0 amide bonds. The normalized spacial score (nSPS) is 10.7. The number of ether oxygens (including phenoxy) is 2. The third kappa shape index (κ3) is 3.55. The van der Waals surface area contributed by atoms with Gasteiger partial charge in [0.05, 0.1) is 25.9 Å². The van der Waals surface area contributed by atoms with Gasteiger partial charge in [0.15, 0.2) is 0 Å². The number of aryl methyl sites for hydroxylation is 1. The average molecular weight is 332 g/mol. The van der Waals surface area contributed by atoms with Crippen LogP contribution >= 0.6 is 0 Å². The summed E-state index contributed by atoms with van der Waals surface area (Å²) >= 11 is 0. The second-order valence-electron chi connectivity index (χ2n) is 4.77. The third-order valence-electron chi connectivity index (χ3n) is 3.24. The number of hydrogen-bond acceptors (Lipinski definition) is 5. The minimum Gasteiger partial charge on any atom is -0.496 e. The van der Waals surface area contributed by atoms with Crippen LogP contribution < -0.4 is 14.2 Å². The first-order valence-electron chi connectivity index (χ1n) is 6.67. The molecule has 1 N–H and O–H groups in total. The molecule has 7 heteroatoms. The monoisotopic (exact) mass is 332 g/mol. The van der Waals surface area contributed by atoms with E-state index >= 15 is 0 Å². The Hall–Kier alpha value is -2.72. The van der Waals surface area contributed by atoms with E-state index in [0.29, 0.717) is 17.0 Å². The number of benzene rings is 2. The van der Waals surface area contributed by atoms with Crippen molar-refractivity contribution in [2.45, 2.75) is 11.8 Å². The van der Waals surface area contributed by atoms with Crippen molar-refractivity contribution in [2.24, 2.45) is 0 Å². The molecule has 0 fully saturated rings. The van der Waals surface area contributed by atoms with Gasteiger partial charge in [0.25, 0.3) is 10.0 Å². The molecule has 0 aliphatic rings. The van der Waals surface area contributed by atoms with Crippen molar-refractivity contribution in [3.05, 3.63) is 47.5 Å². The zero-order valence-corrected chi connectivity index (χ0v) is 13.8. The molecule has 0 aliphatic carbocycles. The summed E-state index contributed by atoms with van der Waals surface area (Å²) in [6, 6.07) is 11.1. The van der Waals surface area contributed by atoms with Gasteiger partial charge < -0.3 is 9.47 Å². The maximum atomic E-state index is 12.6. The average Bonchev–Trinajstić information content (AvgIpc) is 2.54. The van der Waals surface area contributed by atoms with Crippen LogP contribution in [-0.4, -0.2) is 22.6 Å². The Balaban J connectivity index is 2.44. The van der Waals surface area contributed by atoms with Gasteiger partial charge in [-0.05, 0) is 42.8 Å². The lowest BCUT2D eigenvalue weighted by atomic mass is 10.2. The molecule has 0 atom stereocenters. The molecule has 0 spiro atoms. The Morgan fingerprint density at radius 2 is 1.65 bits per heavy atom. The van der Waals surface area contributed by atoms with E-state index in [1.54, 1.807) is 13.0 Å². The molecule has 120 valence electrons. The molecule has 2 aromatic carbocycles. The van der Waals surface area contributed by atoms with Gasteiger partial charge in [-0.3, -0.25) is 4.72 Å². The standard InChI is InChI=1S/C16H16N2O4S/c1-11-8-15(22-3)16(9-14(11)21-2)23(19,20)18-13-6-4-12(10-17)5-7-13/h4-9,18H,1-3H3. The highest BCUT2D eigenvalue weighted by Gasteiger charge is 2.22. The highest BCUT2D eigenvalue weighted by molar-refractivity contribution is 7.92. The minimum atomic E-state index is -3.86. The molecular formula is C16H16N2O4S. The van der Waals surface area contributed by atoms with Crippen molar-refractivity contribution in [1.82, 2.24) is 0 Å². The SMILES string of the molecule is COc1cc(S(=O)(=O)Nc2ccc(C#N)cc2)c(OC)cc1C. The Labute approximate surface area is 135 Å². The van der Waals surface area contributed by atoms with Crippen LogP contribution in [-0.2, 0) is 10.0 Å². The van der Waals surface area contributed by atoms with Gasteiger partial charge in [-0.1, -0.05) is 0 Å². The fourth-order valence-corrected chi connectivity index (χ4v) is 3.28. The topological polar surface area (TPSA) is 88.4 Å². The Morgan fingerprint density at radius 3 is 2.17 bits per heavy atom. The summed E-state index contributed by atoms with van der Waals surface area (Å²) in [5.74, 6) is 0.676. The number of anilines is 1. The summed E-state index contributed by atoms with van der Waals surface area (Å²) in [6.45, 7) is 1.80. The van der Waals surface area contributed by atoms with Gasteiger partial charge in [0, 0.05) is 11.8 Å². The number of nitrogens with one attached hydrogen (secondary N) is 1. The molecule has 0 aliphatic heterocycles. The number of hydrogen-bond donors (Lipinski definition) is 1. The first-order chi connectivity index (χ1) is 10.9. The number of nitrogens with zero attached hydrogens (tertiary/aromatic N) is 1. The van der Waals surface area contributed by atoms with E-state index in [1.807, 2.05) is 6.07 Å². The molecule has 0 saturated heterocycles. The summed E-state index contributed by atoms with van der Waals surface area (Å²) in [5.41, 5.74) is 1.56. The smallest absolute Gasteiger partial charge is 0.265 e. The van der Waals surface area contributed by atoms with Crippen LogP contribution in [0.1, 0.15) is 11.1 Å². The first kappa shape index (κ1) is 16.6. The molecule has 0 bridgehead atoms. The van der Waals surface area contributed by atoms with Gasteiger partial charge in [-0.25, -0.2) is 8.42 Å². The number of methoxy groups -OCH3 is 2. The summed E-state index contributed by atoms with van der Waals surface area (Å²) < 4.78 is 38.0. The zero-order chi connectivity index (χ0) is 17.0. The third-order valence-corrected chi connectivity index (χ3v) is 4.64. The Morgan fingerprint density at radius 1 is 1.04 bits per heavy atom. The number of rotatable bonds is 5. The second kappa shape index (κ2) is 6.58. The first-order valence-corrected chi connectivity index (χ1v) is 8.15. The zero-order valence-electron chi connectivity index (χ0n) is 13.0. The Kier molecular flexibility index (Phi) is 4.77. The van der Waals surface area contributed by atoms with E-state index in [-0.39, 0.29) is 10.6 Å². The van der Waals surface area contributed by atoms with Crippen molar-refractivity contribution in [3.63, 3.8) is 0 Å². The fourth-order valence-electron chi connectivity index (χ4n) is 2.06. The number of sulfonamides is 1. The largest absolute Gasteiger partial charge is 0.496 e. The molecule has 0 heterocycles. The van der Waals surface area contributed by atoms with E-state index in [2.05, 4.69) is 4.72 Å². The highest BCUT2D eigenvalue weighted by Crippen LogP contribution is 2.32. The van der Waals surface area contributed by atoms with Crippen LogP contribution in [0.5, 0.6) is 11.5 Å². The van der Waals surface area contributed by atoms with Crippen molar-refractivity contribution < 1.29 is 17.9 Å². The van der Waals surface area contributed by atoms with E-state index in [9.17, 15) is 8.42 Å². The summed E-state index contributed by atoms with van der Waals surface area (Å²) in [4.78, 5) is -0.0215. The maximum Gasteiger partial charge on any atom is 0.265 e. The maximum absolute atomic E-state index is 12.6. The molecule has 0 saturated carbocycles. The summed E-state index contributed by atoms with van der Waals surface area (Å²) in [5, 5.41) is 8.77. The van der Waals surface area contributed by atoms with Gasteiger partial charge >= 0.3 is 0 Å². The summed E-state index contributed by atoms with van der Waals surface area (Å²) in [6.07, 6.45) is 0. The van der Waals surface area contributed by atoms with Crippen LogP contribution in [0.25, 0.3) is 0 Å². The van der Waals surface area contributed by atoms with Crippen LogP contribution in [0, 0.1) is 18.3 Å². The van der Waals surface area contributed by atoms with Gasteiger partial charge in [0.1, 0.15) is 16.4 Å². The fraction of sp³-hybridized carbons (Fsp3) is 0.188. The van der Waals surface area contributed by atoms with Crippen molar-refractivity contribution in [3.8, 4) is 17.6 Å². The molecule has 23 heavy (non-hydrogen) atoms. The lowest BCUT2D eigenvalue weighted by Gasteiger charge is -2.14. The van der Waals surface area contributed by atoms with Crippen LogP contribution in [0.4, 0.5) is 5.69 Å². The molecule has 0 unspecified atom stereocenters. The van der Waals surface area contributed by atoms with Crippen molar-refractivity contribution in [1.29, 1.82) is 5.26 Å². The minimum absolute atomic E-state index is 0.0215. The summed E-state index contributed by atoms with van der Waals surface area (Å²) in [7, 11) is -0.987. The quantitative estimate of drug-likeness (QED) is 0.909. The molecule has 2 rings (SSSR count). The predicted molar refractivity (Wildman–Crippen MR) is 86.2 cm³/mol. The van der Waals surface area contributed by atoms with Crippen LogP contribution in [0.15, 0.2) is 41.3 Å². The molecular weight excluding hydrogens is 316 g/mol. The lowest BCUT2D eigenvalue weighted by Crippen LogP contribution is -2.14. The second-order valence-corrected chi connectivity index (χ2v) is 6.42. The molecule has 0 aromatic heterocycles. The molecule has 6 nitrogen and oxygen atoms in total. The van der Waals surface area contributed by atoms with Gasteiger partial charge in [-0.2, -0.15) is 5.26 Å². The van der Waals surface area contributed by atoms with Gasteiger partial charge in [0.2, 0.25) is 0 Å². The predicted octanol–water partition coefficient (Wildman–Crippen LogP) is 2.68. The van der Waals surface area contributed by atoms with Crippen molar-refractivity contribution in [2.75, 3.05) is 18.9 Å². The van der Waals surface area contributed by atoms with Crippen molar-refractivity contribution >= 4 is 15.7 Å². The van der Waals surface area contributed by atoms with Crippen LogP contribution in [0.3, 0.4) is 0 Å². The van der Waals surface area contributed by atoms with E-state index in [1.165, 1.54) is 44.6 Å².